The summed E-state index contributed by atoms with van der Waals surface area (Å²) < 4.78 is 20.2. The van der Waals surface area contributed by atoms with Gasteiger partial charge in [-0.05, 0) is 79.1 Å². The van der Waals surface area contributed by atoms with E-state index in [0.717, 1.165) is 21.3 Å². The van der Waals surface area contributed by atoms with Crippen molar-refractivity contribution in [3.05, 3.63) is 137 Å². The topological polar surface area (TPSA) is 79.1 Å². The maximum Gasteiger partial charge on any atom is 0.338 e. The smallest absolute Gasteiger partial charge is 0.338 e. The van der Waals surface area contributed by atoms with Gasteiger partial charge in [0, 0.05) is 10.0 Å². The predicted octanol–water partition coefficient (Wildman–Crippen LogP) is 6.69. The average molecular weight is 684 g/mol. The van der Waals surface area contributed by atoms with E-state index in [9.17, 15) is 9.59 Å². The van der Waals surface area contributed by atoms with Gasteiger partial charge >= 0.3 is 5.97 Å². The van der Waals surface area contributed by atoms with Crippen LogP contribution in [0.15, 0.2) is 110 Å². The molecular formula is C36H31BrN2O5S. The number of hydrogen-bond donors (Lipinski definition) is 0. The van der Waals surface area contributed by atoms with Gasteiger partial charge in [-0.3, -0.25) is 9.36 Å². The molecule has 0 N–H and O–H groups in total. The number of esters is 1. The zero-order valence-corrected chi connectivity index (χ0v) is 27.6. The number of nitrogens with zero attached hydrogens (tertiary/aromatic N) is 2. The van der Waals surface area contributed by atoms with Gasteiger partial charge in [-0.1, -0.05) is 81.9 Å². The average Bonchev–Trinajstić information content (AvgIpc) is 3.33. The molecule has 1 atom stereocenters. The highest BCUT2D eigenvalue weighted by Crippen LogP contribution is 2.37. The van der Waals surface area contributed by atoms with Gasteiger partial charge < -0.3 is 14.2 Å². The molecule has 0 aliphatic carbocycles. The zero-order valence-electron chi connectivity index (χ0n) is 25.2. The molecule has 4 aromatic carbocycles. The first-order valence-corrected chi connectivity index (χ1v) is 16.1. The number of ether oxygens (including phenoxy) is 3. The number of carbonyl (C=O) groups excluding carboxylic acids is 1. The fraction of sp³-hybridized carbons (Fsp3) is 0.194. The van der Waals surface area contributed by atoms with E-state index in [-0.39, 0.29) is 11.7 Å². The lowest BCUT2D eigenvalue weighted by molar-refractivity contribution is -0.143. The van der Waals surface area contributed by atoms with Crippen molar-refractivity contribution < 1.29 is 19.0 Å². The number of methoxy groups -OCH3 is 1. The molecule has 2 heterocycles. The molecule has 0 saturated carbocycles. The second kappa shape index (κ2) is 12.9. The van der Waals surface area contributed by atoms with Crippen LogP contribution in [0.25, 0.3) is 16.8 Å². The van der Waals surface area contributed by atoms with E-state index in [1.807, 2.05) is 60.7 Å². The number of allylic oxidation sites excluding steroid dienone is 1. The zero-order chi connectivity index (χ0) is 31.7. The molecule has 0 fully saturated rings. The summed E-state index contributed by atoms with van der Waals surface area (Å²) in [4.78, 5) is 32.7. The second-order valence-electron chi connectivity index (χ2n) is 10.9. The normalized spacial score (nSPS) is 14.8. The van der Waals surface area contributed by atoms with E-state index in [1.54, 1.807) is 38.5 Å². The fourth-order valence-electron chi connectivity index (χ4n) is 5.46. The van der Waals surface area contributed by atoms with Crippen LogP contribution in [-0.4, -0.2) is 23.8 Å². The first kappa shape index (κ1) is 30.6. The monoisotopic (exact) mass is 682 g/mol. The summed E-state index contributed by atoms with van der Waals surface area (Å²) in [6.07, 6.45) is 1.49. The van der Waals surface area contributed by atoms with Gasteiger partial charge in [-0.15, -0.1) is 0 Å². The Hall–Kier alpha value is -4.47. The number of halogens is 1. The lowest BCUT2D eigenvalue weighted by Gasteiger charge is -2.26. The first-order chi connectivity index (χ1) is 21.7. The summed E-state index contributed by atoms with van der Waals surface area (Å²) in [6.45, 7) is 5.79. The van der Waals surface area contributed by atoms with Crippen molar-refractivity contribution in [3.63, 3.8) is 0 Å². The Morgan fingerprint density at radius 3 is 2.56 bits per heavy atom. The number of rotatable bonds is 8. The number of thiazole rings is 1. The minimum Gasteiger partial charge on any atom is -0.496 e. The number of hydrogen-bond acceptors (Lipinski definition) is 7. The summed E-state index contributed by atoms with van der Waals surface area (Å²) >= 11 is 4.82. The standard InChI is InChI=1S/C36H31BrN2O5S/c1-21(2)44-35(41)32-22(3)38-36-39(33(32)29-19-26(37)14-17-30(29)42-4)34(40)31(45-36)18-23-12-15-27(16-13-23)43-20-25-10-7-9-24-8-5-6-11-28(24)25/h5-19,21,33H,20H2,1-4H3/b31-18-/t33-/m0/s1. The van der Waals surface area contributed by atoms with Crippen LogP contribution in [0.5, 0.6) is 11.5 Å². The molecule has 45 heavy (non-hydrogen) atoms. The van der Waals surface area contributed by atoms with E-state index in [4.69, 9.17) is 14.2 Å². The lowest BCUT2D eigenvalue weighted by Crippen LogP contribution is -2.40. The molecule has 0 bridgehead atoms. The molecule has 0 spiro atoms. The van der Waals surface area contributed by atoms with Gasteiger partial charge in [-0.25, -0.2) is 9.79 Å². The van der Waals surface area contributed by atoms with E-state index >= 15 is 0 Å². The van der Waals surface area contributed by atoms with Crippen molar-refractivity contribution in [3.8, 4) is 11.5 Å². The van der Waals surface area contributed by atoms with Crippen molar-refractivity contribution in [2.75, 3.05) is 7.11 Å². The van der Waals surface area contributed by atoms with Crippen LogP contribution in [0, 0.1) is 0 Å². The Morgan fingerprint density at radius 2 is 1.80 bits per heavy atom. The summed E-state index contributed by atoms with van der Waals surface area (Å²) in [5, 5.41) is 2.34. The number of carbonyl (C=O) groups is 1. The summed E-state index contributed by atoms with van der Waals surface area (Å²) in [6, 6.07) is 26.8. The van der Waals surface area contributed by atoms with Gasteiger partial charge in [0.15, 0.2) is 4.80 Å². The molecule has 0 amide bonds. The van der Waals surface area contributed by atoms with Crippen LogP contribution in [0.3, 0.4) is 0 Å². The van der Waals surface area contributed by atoms with E-state index in [0.29, 0.717) is 38.5 Å². The quantitative estimate of drug-likeness (QED) is 0.171. The van der Waals surface area contributed by atoms with Crippen LogP contribution in [0.1, 0.15) is 43.5 Å². The highest BCUT2D eigenvalue weighted by molar-refractivity contribution is 9.10. The van der Waals surface area contributed by atoms with Crippen molar-refractivity contribution >= 4 is 50.1 Å². The van der Waals surface area contributed by atoms with Gasteiger partial charge in [-0.2, -0.15) is 0 Å². The molecule has 228 valence electrons. The van der Waals surface area contributed by atoms with Crippen molar-refractivity contribution in [2.24, 2.45) is 4.99 Å². The molecule has 6 rings (SSSR count). The molecule has 0 saturated heterocycles. The molecule has 7 nitrogen and oxygen atoms in total. The molecular weight excluding hydrogens is 652 g/mol. The third-order valence-electron chi connectivity index (χ3n) is 7.52. The largest absolute Gasteiger partial charge is 0.496 e. The van der Waals surface area contributed by atoms with Crippen molar-refractivity contribution in [1.82, 2.24) is 4.57 Å². The minimum atomic E-state index is -0.785. The number of aromatic nitrogens is 1. The van der Waals surface area contributed by atoms with Gasteiger partial charge in [0.2, 0.25) is 0 Å². The summed E-state index contributed by atoms with van der Waals surface area (Å²) in [5.41, 5.74) is 3.13. The Morgan fingerprint density at radius 1 is 1.04 bits per heavy atom. The van der Waals surface area contributed by atoms with E-state index in [1.165, 1.54) is 22.1 Å². The fourth-order valence-corrected chi connectivity index (χ4v) is 6.89. The van der Waals surface area contributed by atoms with Crippen LogP contribution < -0.4 is 24.4 Å². The van der Waals surface area contributed by atoms with Gasteiger partial charge in [0.25, 0.3) is 5.56 Å². The third-order valence-corrected chi connectivity index (χ3v) is 9.00. The van der Waals surface area contributed by atoms with Crippen LogP contribution in [0.4, 0.5) is 0 Å². The second-order valence-corrected chi connectivity index (χ2v) is 12.8. The molecule has 9 heteroatoms. The molecule has 0 unspecified atom stereocenters. The van der Waals surface area contributed by atoms with Gasteiger partial charge in [0.05, 0.1) is 29.0 Å². The number of benzene rings is 4. The SMILES string of the molecule is COc1ccc(Br)cc1[C@H]1C(C(=O)OC(C)C)=C(C)N=c2s/c(=C\c3ccc(OCc4cccc5ccccc45)cc3)c(=O)n21. The summed E-state index contributed by atoms with van der Waals surface area (Å²) in [5.74, 6) is 0.750. The van der Waals surface area contributed by atoms with Crippen LogP contribution >= 0.6 is 27.3 Å². The van der Waals surface area contributed by atoms with Crippen molar-refractivity contribution in [1.29, 1.82) is 0 Å². The summed E-state index contributed by atoms with van der Waals surface area (Å²) in [7, 11) is 1.56. The lowest BCUT2D eigenvalue weighted by atomic mass is 9.95. The van der Waals surface area contributed by atoms with Crippen LogP contribution in [-0.2, 0) is 16.1 Å². The van der Waals surface area contributed by atoms with E-state index in [2.05, 4.69) is 45.2 Å². The highest BCUT2D eigenvalue weighted by atomic mass is 79.9. The Balaban J connectivity index is 1.35. The van der Waals surface area contributed by atoms with E-state index < -0.39 is 12.0 Å². The highest BCUT2D eigenvalue weighted by Gasteiger charge is 2.35. The van der Waals surface area contributed by atoms with Gasteiger partial charge in [0.1, 0.15) is 24.1 Å². The Labute approximate surface area is 272 Å². The Bertz CT molecular complexity index is 2120. The maximum absolute atomic E-state index is 14.0. The maximum atomic E-state index is 14.0. The molecule has 5 aromatic rings. The molecule has 0 radical (unpaired) electrons. The van der Waals surface area contributed by atoms with Crippen LogP contribution in [0.2, 0.25) is 0 Å². The Kier molecular flexibility index (Phi) is 8.74. The van der Waals surface area contributed by atoms with Crippen molar-refractivity contribution in [2.45, 2.75) is 39.5 Å². The molecule has 1 aliphatic rings. The number of fused-ring (bicyclic) bond motifs is 2. The first-order valence-electron chi connectivity index (χ1n) is 14.5. The molecule has 1 aliphatic heterocycles. The minimum absolute atomic E-state index is 0.260. The molecule has 1 aromatic heterocycles. The predicted molar refractivity (Wildman–Crippen MR) is 180 cm³/mol. The third kappa shape index (κ3) is 6.23.